The van der Waals surface area contributed by atoms with Crippen LogP contribution in [0.4, 0.5) is 4.79 Å². The van der Waals surface area contributed by atoms with E-state index < -0.39 is 6.09 Å². The summed E-state index contributed by atoms with van der Waals surface area (Å²) in [5.41, 5.74) is 5.12. The van der Waals surface area contributed by atoms with E-state index in [0.29, 0.717) is 18.7 Å². The van der Waals surface area contributed by atoms with Gasteiger partial charge in [0.05, 0.1) is 12.8 Å². The Kier molecular flexibility index (Phi) is 7.18. The van der Waals surface area contributed by atoms with Crippen molar-refractivity contribution in [2.75, 3.05) is 13.7 Å². The lowest BCUT2D eigenvalue weighted by atomic mass is 10.0. The molecule has 0 unspecified atom stereocenters. The molecule has 0 aliphatic rings. The normalized spacial score (nSPS) is 9.80. The van der Waals surface area contributed by atoms with E-state index in [2.05, 4.69) is 20.6 Å². The molecule has 2 aromatic rings. The Morgan fingerprint density at radius 2 is 1.52 bits per heavy atom. The summed E-state index contributed by atoms with van der Waals surface area (Å²) in [6, 6.07) is 19.3. The highest BCUT2D eigenvalue weighted by atomic mass is 16.5. The van der Waals surface area contributed by atoms with Gasteiger partial charge in [-0.3, -0.25) is 4.79 Å². The molecule has 2 N–H and O–H groups in total. The van der Waals surface area contributed by atoms with Crippen molar-refractivity contribution in [3.05, 3.63) is 71.8 Å². The van der Waals surface area contributed by atoms with Crippen LogP contribution in [-0.4, -0.2) is 31.4 Å². The van der Waals surface area contributed by atoms with Crippen LogP contribution < -0.4 is 10.7 Å². The molecular weight excluding hydrogens is 318 g/mol. The summed E-state index contributed by atoms with van der Waals surface area (Å²) < 4.78 is 4.46. The van der Waals surface area contributed by atoms with E-state index >= 15 is 0 Å². The largest absolute Gasteiger partial charge is 0.453 e. The molecule has 0 bridgehead atoms. The van der Waals surface area contributed by atoms with Crippen molar-refractivity contribution in [2.45, 2.75) is 12.8 Å². The Morgan fingerprint density at radius 3 is 2.04 bits per heavy atom. The molecule has 0 atom stereocenters. The van der Waals surface area contributed by atoms with Crippen molar-refractivity contribution < 1.29 is 14.3 Å². The number of carbonyl (C=O) groups is 2. The van der Waals surface area contributed by atoms with Gasteiger partial charge in [-0.25, -0.2) is 10.2 Å². The Balaban J connectivity index is 1.98. The fourth-order valence-electron chi connectivity index (χ4n) is 2.17. The zero-order valence-corrected chi connectivity index (χ0v) is 14.1. The van der Waals surface area contributed by atoms with Crippen LogP contribution in [0.15, 0.2) is 65.8 Å². The van der Waals surface area contributed by atoms with Crippen molar-refractivity contribution in [3.8, 4) is 0 Å². The second-order valence-electron chi connectivity index (χ2n) is 5.25. The lowest BCUT2D eigenvalue weighted by Crippen LogP contribution is -2.26. The maximum Gasteiger partial charge on any atom is 0.406 e. The summed E-state index contributed by atoms with van der Waals surface area (Å²) in [6.07, 6.45) is 0.251. The van der Waals surface area contributed by atoms with E-state index in [4.69, 9.17) is 0 Å². The minimum absolute atomic E-state index is 0.212. The standard InChI is InChI=1S/C19H21N3O3/c1-25-19(24)20-14-8-13-17(23)21-22-18(15-9-4-2-5-10-15)16-11-6-3-7-12-16/h2-7,9-12H,8,13-14H2,1H3,(H,20,24)(H,21,23). The van der Waals surface area contributed by atoms with Gasteiger partial charge >= 0.3 is 6.09 Å². The lowest BCUT2D eigenvalue weighted by Gasteiger charge is -2.08. The average molecular weight is 339 g/mol. The zero-order chi connectivity index (χ0) is 17.9. The average Bonchev–Trinajstić information content (AvgIpc) is 2.67. The van der Waals surface area contributed by atoms with Crippen molar-refractivity contribution in [2.24, 2.45) is 5.10 Å². The quantitative estimate of drug-likeness (QED) is 0.462. The third-order valence-corrected chi connectivity index (χ3v) is 3.42. The molecule has 130 valence electrons. The summed E-state index contributed by atoms with van der Waals surface area (Å²) in [4.78, 5) is 22.9. The van der Waals surface area contributed by atoms with Crippen molar-refractivity contribution in [1.29, 1.82) is 0 Å². The second kappa shape index (κ2) is 9.87. The monoisotopic (exact) mass is 339 g/mol. The minimum Gasteiger partial charge on any atom is -0.453 e. The fraction of sp³-hybridized carbons (Fsp3) is 0.211. The number of hydrogen-bond donors (Lipinski definition) is 2. The molecule has 25 heavy (non-hydrogen) atoms. The first kappa shape index (κ1) is 18.2. The third-order valence-electron chi connectivity index (χ3n) is 3.42. The van der Waals surface area contributed by atoms with Crippen LogP contribution in [0, 0.1) is 0 Å². The molecular formula is C19H21N3O3. The molecule has 0 spiro atoms. The number of nitrogens with zero attached hydrogens (tertiary/aromatic N) is 1. The molecule has 0 aliphatic heterocycles. The Morgan fingerprint density at radius 1 is 0.960 bits per heavy atom. The summed E-state index contributed by atoms with van der Waals surface area (Å²) >= 11 is 0. The van der Waals surface area contributed by atoms with Gasteiger partial charge in [-0.1, -0.05) is 60.7 Å². The van der Waals surface area contributed by atoms with E-state index in [1.54, 1.807) is 0 Å². The minimum atomic E-state index is -0.506. The van der Waals surface area contributed by atoms with Crippen LogP contribution in [0.2, 0.25) is 0 Å². The summed E-state index contributed by atoms with van der Waals surface area (Å²) in [7, 11) is 1.30. The van der Waals surface area contributed by atoms with Gasteiger partial charge in [0.25, 0.3) is 0 Å². The van der Waals surface area contributed by atoms with Gasteiger partial charge in [-0.05, 0) is 6.42 Å². The van der Waals surface area contributed by atoms with Crippen molar-refractivity contribution >= 4 is 17.7 Å². The van der Waals surface area contributed by atoms with Crippen LogP contribution in [-0.2, 0) is 9.53 Å². The number of ether oxygens (including phenoxy) is 1. The van der Waals surface area contributed by atoms with Gasteiger partial charge < -0.3 is 10.1 Å². The van der Waals surface area contributed by atoms with Gasteiger partial charge in [0.1, 0.15) is 0 Å². The number of methoxy groups -OCH3 is 1. The van der Waals surface area contributed by atoms with Crippen LogP contribution in [0.5, 0.6) is 0 Å². The topological polar surface area (TPSA) is 79.8 Å². The van der Waals surface area contributed by atoms with Gasteiger partial charge in [0.2, 0.25) is 5.91 Å². The Bertz CT molecular complexity index is 674. The van der Waals surface area contributed by atoms with Crippen LogP contribution in [0.25, 0.3) is 0 Å². The number of benzene rings is 2. The highest BCUT2D eigenvalue weighted by Crippen LogP contribution is 2.10. The molecule has 2 rings (SSSR count). The number of carbonyl (C=O) groups excluding carboxylic acids is 2. The molecule has 0 saturated heterocycles. The SMILES string of the molecule is COC(=O)NCCCC(=O)NN=C(c1ccccc1)c1ccccc1. The van der Waals surface area contributed by atoms with Crippen molar-refractivity contribution in [3.63, 3.8) is 0 Å². The maximum absolute atomic E-state index is 12.0. The molecule has 0 heterocycles. The van der Waals surface area contributed by atoms with Crippen molar-refractivity contribution in [1.82, 2.24) is 10.7 Å². The number of alkyl carbamates (subject to hydrolysis) is 1. The highest BCUT2D eigenvalue weighted by Gasteiger charge is 2.08. The molecule has 0 aliphatic carbocycles. The second-order valence-corrected chi connectivity index (χ2v) is 5.25. The highest BCUT2D eigenvalue weighted by molar-refractivity contribution is 6.13. The molecule has 0 aromatic heterocycles. The fourth-order valence-corrected chi connectivity index (χ4v) is 2.17. The molecule has 0 fully saturated rings. The first-order chi connectivity index (χ1) is 12.2. The number of nitrogens with one attached hydrogen (secondary N) is 2. The van der Waals surface area contributed by atoms with E-state index in [0.717, 1.165) is 11.1 Å². The van der Waals surface area contributed by atoms with Gasteiger partial charge in [-0.2, -0.15) is 5.10 Å². The first-order valence-corrected chi connectivity index (χ1v) is 8.00. The first-order valence-electron chi connectivity index (χ1n) is 8.00. The van der Waals surface area contributed by atoms with E-state index in [1.165, 1.54) is 7.11 Å². The Labute approximate surface area is 146 Å². The number of hydrogen-bond acceptors (Lipinski definition) is 4. The smallest absolute Gasteiger partial charge is 0.406 e. The predicted molar refractivity (Wildman–Crippen MR) is 96.3 cm³/mol. The maximum atomic E-state index is 12.0. The summed E-state index contributed by atoms with van der Waals surface area (Å²) in [6.45, 7) is 0.369. The number of rotatable bonds is 7. The summed E-state index contributed by atoms with van der Waals surface area (Å²) in [5, 5.41) is 6.83. The van der Waals surface area contributed by atoms with E-state index in [9.17, 15) is 9.59 Å². The van der Waals surface area contributed by atoms with Gasteiger partial charge in [-0.15, -0.1) is 0 Å². The van der Waals surface area contributed by atoms with Crippen LogP contribution >= 0.6 is 0 Å². The van der Waals surface area contributed by atoms with Gasteiger partial charge in [0.15, 0.2) is 0 Å². The molecule has 0 saturated carbocycles. The molecule has 6 heteroatoms. The third kappa shape index (κ3) is 6.10. The molecule has 6 nitrogen and oxygen atoms in total. The number of hydrazone groups is 1. The number of amides is 2. The van der Waals surface area contributed by atoms with E-state index in [1.807, 2.05) is 60.7 Å². The van der Waals surface area contributed by atoms with E-state index in [-0.39, 0.29) is 12.3 Å². The molecule has 0 radical (unpaired) electrons. The zero-order valence-electron chi connectivity index (χ0n) is 14.1. The predicted octanol–water partition coefficient (Wildman–Crippen LogP) is 2.69. The Hall–Kier alpha value is -3.15. The summed E-state index contributed by atoms with van der Waals surface area (Å²) in [5.74, 6) is -0.212. The van der Waals surface area contributed by atoms with Gasteiger partial charge in [0, 0.05) is 24.1 Å². The lowest BCUT2D eigenvalue weighted by molar-refractivity contribution is -0.121. The molecule has 2 amide bonds. The van der Waals surface area contributed by atoms with Crippen LogP contribution in [0.3, 0.4) is 0 Å². The molecule has 2 aromatic carbocycles. The van der Waals surface area contributed by atoms with Crippen LogP contribution in [0.1, 0.15) is 24.0 Å².